The molecule has 0 radical (unpaired) electrons. The predicted molar refractivity (Wildman–Crippen MR) is 126 cm³/mol. The van der Waals surface area contributed by atoms with Crippen LogP contribution in [-0.4, -0.2) is 18.7 Å². The summed E-state index contributed by atoms with van der Waals surface area (Å²) in [6.07, 6.45) is 1.76. The van der Waals surface area contributed by atoms with Crippen molar-refractivity contribution in [1.29, 1.82) is 0 Å². The molecule has 1 aliphatic rings. The number of hydrogen-bond donors (Lipinski definition) is 0. The average molecular weight is 495 g/mol. The number of amides is 1. The molecule has 0 aliphatic carbocycles. The molecule has 5 nitrogen and oxygen atoms in total. The van der Waals surface area contributed by atoms with Gasteiger partial charge in [0.05, 0.1) is 28.6 Å². The van der Waals surface area contributed by atoms with Gasteiger partial charge in [-0.3, -0.25) is 4.79 Å². The van der Waals surface area contributed by atoms with Crippen molar-refractivity contribution in [1.82, 2.24) is 0 Å². The minimum atomic E-state index is -0.332. The zero-order valence-electron chi connectivity index (χ0n) is 17.5. The first-order valence-electron chi connectivity index (χ1n) is 9.88. The molecule has 0 aromatic heterocycles. The van der Waals surface area contributed by atoms with Crippen molar-refractivity contribution in [3.05, 3.63) is 93.7 Å². The maximum Gasteiger partial charge on any atom is 0.280 e. The fraction of sp³-hybridized carbons (Fsp3) is 0.120. The Kier molecular flexibility index (Phi) is 6.37. The molecule has 0 unspecified atom stereocenters. The number of carbonyl (C=O) groups is 1. The van der Waals surface area contributed by atoms with E-state index in [1.807, 2.05) is 36.4 Å². The minimum Gasteiger partial charge on any atom is -0.493 e. The second-order valence-corrected chi connectivity index (χ2v) is 7.96. The van der Waals surface area contributed by atoms with Gasteiger partial charge >= 0.3 is 0 Å². The molecule has 0 fully saturated rings. The number of anilines is 1. The van der Waals surface area contributed by atoms with Crippen molar-refractivity contribution >= 4 is 39.3 Å². The topological polar surface area (TPSA) is 51.1 Å². The van der Waals surface area contributed by atoms with Crippen LogP contribution in [-0.2, 0) is 11.4 Å². The average Bonchev–Trinajstić information content (AvgIpc) is 3.08. The summed E-state index contributed by atoms with van der Waals surface area (Å²) in [4.78, 5) is 13.0. The van der Waals surface area contributed by atoms with Crippen LogP contribution in [0.2, 0.25) is 0 Å². The predicted octanol–water partition coefficient (Wildman–Crippen LogP) is 5.98. The molecule has 0 spiro atoms. The molecule has 4 rings (SSSR count). The van der Waals surface area contributed by atoms with E-state index in [0.29, 0.717) is 38.5 Å². The third-order valence-electron chi connectivity index (χ3n) is 4.96. The molecule has 0 atom stereocenters. The monoisotopic (exact) mass is 494 g/mol. The van der Waals surface area contributed by atoms with Crippen molar-refractivity contribution in [3.8, 4) is 11.5 Å². The summed E-state index contributed by atoms with van der Waals surface area (Å²) in [6, 6.07) is 19.3. The number of nitrogens with zero attached hydrogens (tertiary/aromatic N) is 2. The van der Waals surface area contributed by atoms with Gasteiger partial charge in [-0.15, -0.1) is 0 Å². The fourth-order valence-electron chi connectivity index (χ4n) is 3.32. The summed E-state index contributed by atoms with van der Waals surface area (Å²) in [5.41, 5.74) is 2.99. The SMILES string of the molecule is COc1cc(/C=C2/C(=O)N(c3ccccc3)N=C2C)cc(Br)c1OCc1ccccc1F. The molecule has 0 saturated carbocycles. The molecule has 0 N–H and O–H groups in total. The fourth-order valence-corrected chi connectivity index (χ4v) is 3.90. The molecule has 1 heterocycles. The van der Waals surface area contributed by atoms with E-state index in [0.717, 1.165) is 5.56 Å². The third kappa shape index (κ3) is 4.43. The van der Waals surface area contributed by atoms with Crippen LogP contribution in [0.3, 0.4) is 0 Å². The van der Waals surface area contributed by atoms with E-state index >= 15 is 0 Å². The smallest absolute Gasteiger partial charge is 0.280 e. The van der Waals surface area contributed by atoms with Crippen molar-refractivity contribution in [2.24, 2.45) is 5.10 Å². The number of rotatable bonds is 6. The van der Waals surface area contributed by atoms with Gasteiger partial charge in [-0.05, 0) is 64.8 Å². The highest BCUT2D eigenvalue weighted by Crippen LogP contribution is 2.38. The number of methoxy groups -OCH3 is 1. The molecule has 32 heavy (non-hydrogen) atoms. The van der Waals surface area contributed by atoms with E-state index in [9.17, 15) is 9.18 Å². The number of para-hydroxylation sites is 1. The Morgan fingerprint density at radius 3 is 2.53 bits per heavy atom. The van der Waals surface area contributed by atoms with E-state index in [2.05, 4.69) is 21.0 Å². The lowest BCUT2D eigenvalue weighted by molar-refractivity contribution is -0.114. The first kappa shape index (κ1) is 21.8. The van der Waals surface area contributed by atoms with Gasteiger partial charge in [0.15, 0.2) is 11.5 Å². The largest absolute Gasteiger partial charge is 0.493 e. The van der Waals surface area contributed by atoms with Gasteiger partial charge in [0.25, 0.3) is 5.91 Å². The second kappa shape index (κ2) is 9.36. The van der Waals surface area contributed by atoms with Crippen LogP contribution in [0.5, 0.6) is 11.5 Å². The maximum absolute atomic E-state index is 13.9. The Balaban J connectivity index is 1.60. The van der Waals surface area contributed by atoms with Crippen molar-refractivity contribution in [3.63, 3.8) is 0 Å². The molecule has 162 valence electrons. The molecule has 7 heteroatoms. The van der Waals surface area contributed by atoms with Gasteiger partial charge in [-0.1, -0.05) is 36.4 Å². The maximum atomic E-state index is 13.9. The highest BCUT2D eigenvalue weighted by Gasteiger charge is 2.28. The Bertz CT molecular complexity index is 1230. The number of halogens is 2. The first-order chi connectivity index (χ1) is 15.5. The van der Waals surface area contributed by atoms with E-state index < -0.39 is 0 Å². The van der Waals surface area contributed by atoms with Crippen molar-refractivity contribution in [2.75, 3.05) is 12.1 Å². The Hall–Kier alpha value is -3.45. The number of hydrazone groups is 1. The van der Waals surface area contributed by atoms with Crippen molar-refractivity contribution < 1.29 is 18.7 Å². The van der Waals surface area contributed by atoms with Crippen LogP contribution < -0.4 is 14.5 Å². The Labute approximate surface area is 193 Å². The van der Waals surface area contributed by atoms with Crippen LogP contribution in [0.4, 0.5) is 10.1 Å². The lowest BCUT2D eigenvalue weighted by atomic mass is 10.1. The van der Waals surface area contributed by atoms with Crippen LogP contribution in [0.25, 0.3) is 6.08 Å². The Morgan fingerprint density at radius 1 is 1.09 bits per heavy atom. The van der Waals surface area contributed by atoms with E-state index in [-0.39, 0.29) is 18.3 Å². The van der Waals surface area contributed by atoms with Gasteiger partial charge in [0.2, 0.25) is 0 Å². The first-order valence-corrected chi connectivity index (χ1v) is 10.7. The highest BCUT2D eigenvalue weighted by molar-refractivity contribution is 9.10. The summed E-state index contributed by atoms with van der Waals surface area (Å²) in [5, 5.41) is 5.79. The number of ether oxygens (including phenoxy) is 2. The quantitative estimate of drug-likeness (QED) is 0.396. The standard InChI is InChI=1S/C25H20BrFN2O3/c1-16-20(25(30)29(28-16)19-9-4-3-5-10-19)12-17-13-21(26)24(23(14-17)31-2)32-15-18-8-6-7-11-22(18)27/h3-14H,15H2,1-2H3/b20-12+. The lowest BCUT2D eigenvalue weighted by Gasteiger charge is -2.14. The molecular weight excluding hydrogens is 475 g/mol. The van der Waals surface area contributed by atoms with E-state index in [1.54, 1.807) is 37.3 Å². The van der Waals surface area contributed by atoms with Gasteiger partial charge < -0.3 is 9.47 Å². The zero-order chi connectivity index (χ0) is 22.7. The second-order valence-electron chi connectivity index (χ2n) is 7.11. The molecule has 0 bridgehead atoms. The van der Waals surface area contributed by atoms with Gasteiger partial charge in [-0.25, -0.2) is 4.39 Å². The van der Waals surface area contributed by atoms with Crippen LogP contribution in [0, 0.1) is 5.82 Å². The third-order valence-corrected chi connectivity index (χ3v) is 5.54. The molecule has 0 saturated heterocycles. The van der Waals surface area contributed by atoms with E-state index in [1.165, 1.54) is 18.2 Å². The van der Waals surface area contributed by atoms with Crippen LogP contribution in [0.15, 0.2) is 81.9 Å². The summed E-state index contributed by atoms with van der Waals surface area (Å²) in [5.74, 6) is 0.375. The van der Waals surface area contributed by atoms with E-state index in [4.69, 9.17) is 9.47 Å². The normalized spacial score (nSPS) is 14.6. The van der Waals surface area contributed by atoms with Gasteiger partial charge in [0.1, 0.15) is 12.4 Å². The summed E-state index contributed by atoms with van der Waals surface area (Å²) in [6.45, 7) is 1.85. The molecule has 3 aromatic carbocycles. The Morgan fingerprint density at radius 2 is 1.81 bits per heavy atom. The molecule has 1 amide bonds. The molecular formula is C25H20BrFN2O3. The number of benzene rings is 3. The minimum absolute atomic E-state index is 0.0539. The summed E-state index contributed by atoms with van der Waals surface area (Å²) >= 11 is 3.51. The van der Waals surface area contributed by atoms with Crippen LogP contribution in [0.1, 0.15) is 18.1 Å². The highest BCUT2D eigenvalue weighted by atomic mass is 79.9. The van der Waals surface area contributed by atoms with Crippen LogP contribution >= 0.6 is 15.9 Å². The summed E-state index contributed by atoms with van der Waals surface area (Å²) < 4.78 is 25.9. The van der Waals surface area contributed by atoms with Crippen molar-refractivity contribution in [2.45, 2.75) is 13.5 Å². The zero-order valence-corrected chi connectivity index (χ0v) is 19.1. The number of hydrogen-bond acceptors (Lipinski definition) is 4. The summed E-state index contributed by atoms with van der Waals surface area (Å²) in [7, 11) is 1.53. The number of carbonyl (C=O) groups excluding carboxylic acids is 1. The lowest BCUT2D eigenvalue weighted by Crippen LogP contribution is -2.21. The van der Waals surface area contributed by atoms with Gasteiger partial charge in [0, 0.05) is 5.56 Å². The molecule has 3 aromatic rings. The van der Waals surface area contributed by atoms with Gasteiger partial charge in [-0.2, -0.15) is 10.1 Å². The molecule has 1 aliphatic heterocycles.